The van der Waals surface area contributed by atoms with Gasteiger partial charge in [0.05, 0.1) is 18.6 Å². The van der Waals surface area contributed by atoms with E-state index in [1.165, 1.54) is 7.11 Å². The van der Waals surface area contributed by atoms with Crippen molar-refractivity contribution in [3.8, 4) is 0 Å². The fourth-order valence-corrected chi connectivity index (χ4v) is 2.44. The number of hydrogen-bond acceptors (Lipinski definition) is 5. The quantitative estimate of drug-likeness (QED) is 0.516. The van der Waals surface area contributed by atoms with Crippen LogP contribution in [-0.4, -0.2) is 45.6 Å². The van der Waals surface area contributed by atoms with Gasteiger partial charge in [-0.2, -0.15) is 0 Å². The van der Waals surface area contributed by atoms with E-state index >= 15 is 0 Å². The number of carbonyl (C=O) groups is 1. The first-order chi connectivity index (χ1) is 5.55. The van der Waals surface area contributed by atoms with Crippen LogP contribution in [0.5, 0.6) is 0 Å². The molecule has 1 aliphatic rings. The molecule has 1 N–H and O–H groups in total. The zero-order valence-corrected chi connectivity index (χ0v) is 7.56. The lowest BCUT2D eigenvalue weighted by Gasteiger charge is -2.20. The van der Waals surface area contributed by atoms with E-state index in [1.807, 2.05) is 0 Å². The van der Waals surface area contributed by atoms with Gasteiger partial charge in [0.25, 0.3) is 0 Å². The molecule has 1 heterocycles. The van der Waals surface area contributed by atoms with E-state index in [2.05, 4.69) is 10.1 Å². The van der Waals surface area contributed by atoms with E-state index in [9.17, 15) is 13.2 Å². The maximum absolute atomic E-state index is 11.0. The Morgan fingerprint density at radius 1 is 1.58 bits per heavy atom. The SMILES string of the molecule is COC(=O)[C@@H]1CS(=O)(=O)CCN1. The van der Waals surface area contributed by atoms with Crippen LogP contribution in [0.25, 0.3) is 0 Å². The Kier molecular flexibility index (Phi) is 2.69. The predicted octanol–water partition coefficient (Wildman–Crippen LogP) is -1.45. The van der Waals surface area contributed by atoms with Crippen molar-refractivity contribution in [1.29, 1.82) is 0 Å². The van der Waals surface area contributed by atoms with Gasteiger partial charge in [0.2, 0.25) is 0 Å². The van der Waals surface area contributed by atoms with Gasteiger partial charge in [-0.15, -0.1) is 0 Å². The van der Waals surface area contributed by atoms with E-state index < -0.39 is 21.8 Å². The standard InChI is InChI=1S/C6H11NO4S/c1-11-6(8)5-4-12(9,10)3-2-7-5/h5,7H,2-4H2,1H3/t5-/m0/s1. The van der Waals surface area contributed by atoms with Crippen LogP contribution < -0.4 is 5.32 Å². The highest BCUT2D eigenvalue weighted by molar-refractivity contribution is 7.91. The third kappa shape index (κ3) is 2.18. The minimum absolute atomic E-state index is 0.0977. The maximum Gasteiger partial charge on any atom is 0.323 e. The van der Waals surface area contributed by atoms with Crippen LogP contribution in [0.15, 0.2) is 0 Å². The number of sulfone groups is 1. The fraction of sp³-hybridized carbons (Fsp3) is 0.833. The first-order valence-electron chi connectivity index (χ1n) is 3.57. The lowest BCUT2D eigenvalue weighted by Crippen LogP contribution is -2.49. The van der Waals surface area contributed by atoms with Crippen LogP contribution in [0.2, 0.25) is 0 Å². The largest absolute Gasteiger partial charge is 0.468 e. The number of hydrogen-bond donors (Lipinski definition) is 1. The number of carbonyl (C=O) groups excluding carboxylic acids is 1. The number of rotatable bonds is 1. The first kappa shape index (κ1) is 9.47. The van der Waals surface area contributed by atoms with E-state index in [0.717, 1.165) is 0 Å². The molecule has 0 aromatic carbocycles. The molecule has 0 spiro atoms. The Hall–Kier alpha value is -0.620. The minimum Gasteiger partial charge on any atom is -0.468 e. The Morgan fingerprint density at radius 3 is 2.75 bits per heavy atom. The highest BCUT2D eigenvalue weighted by Gasteiger charge is 2.29. The van der Waals surface area contributed by atoms with Gasteiger partial charge >= 0.3 is 5.97 Å². The molecule has 5 nitrogen and oxygen atoms in total. The summed E-state index contributed by atoms with van der Waals surface area (Å²) in [4.78, 5) is 10.9. The second-order valence-corrected chi connectivity index (χ2v) is 4.87. The first-order valence-corrected chi connectivity index (χ1v) is 5.39. The Labute approximate surface area is 71.0 Å². The van der Waals surface area contributed by atoms with Crippen molar-refractivity contribution in [2.75, 3.05) is 25.2 Å². The summed E-state index contributed by atoms with van der Waals surface area (Å²) in [6, 6.07) is -0.686. The predicted molar refractivity (Wildman–Crippen MR) is 42.5 cm³/mol. The number of nitrogens with one attached hydrogen (secondary N) is 1. The van der Waals surface area contributed by atoms with Crippen molar-refractivity contribution in [1.82, 2.24) is 5.32 Å². The molecule has 12 heavy (non-hydrogen) atoms. The lowest BCUT2D eigenvalue weighted by atomic mass is 10.3. The van der Waals surface area contributed by atoms with Gasteiger partial charge in [0.1, 0.15) is 6.04 Å². The maximum atomic E-state index is 11.0. The van der Waals surface area contributed by atoms with Gasteiger partial charge < -0.3 is 10.1 Å². The van der Waals surface area contributed by atoms with Crippen molar-refractivity contribution in [3.63, 3.8) is 0 Å². The second-order valence-electron chi connectivity index (χ2n) is 2.64. The average Bonchev–Trinajstić information content (AvgIpc) is 2.01. The third-order valence-electron chi connectivity index (χ3n) is 1.71. The number of ether oxygens (including phenoxy) is 1. The topological polar surface area (TPSA) is 72.5 Å². The zero-order valence-electron chi connectivity index (χ0n) is 6.74. The Bertz CT molecular complexity index is 271. The van der Waals surface area contributed by atoms with Gasteiger partial charge in [-0.05, 0) is 0 Å². The molecule has 0 radical (unpaired) electrons. The van der Waals surface area contributed by atoms with Crippen LogP contribution in [0, 0.1) is 0 Å². The molecule has 1 aliphatic heterocycles. The molecular weight excluding hydrogens is 182 g/mol. The highest BCUT2D eigenvalue weighted by atomic mass is 32.2. The summed E-state index contributed by atoms with van der Waals surface area (Å²) in [6.07, 6.45) is 0. The molecule has 70 valence electrons. The molecular formula is C6H11NO4S. The van der Waals surface area contributed by atoms with Crippen molar-refractivity contribution >= 4 is 15.8 Å². The van der Waals surface area contributed by atoms with Crippen LogP contribution in [0.4, 0.5) is 0 Å². The zero-order chi connectivity index (χ0) is 9.19. The summed E-state index contributed by atoms with van der Waals surface area (Å²) in [5, 5.41) is 2.77. The highest BCUT2D eigenvalue weighted by Crippen LogP contribution is 2.02. The van der Waals surface area contributed by atoms with Crippen LogP contribution in [0.3, 0.4) is 0 Å². The van der Waals surface area contributed by atoms with Gasteiger partial charge in [0, 0.05) is 6.54 Å². The summed E-state index contributed by atoms with van der Waals surface area (Å²) in [5.74, 6) is -0.571. The summed E-state index contributed by atoms with van der Waals surface area (Å²) in [7, 11) is -1.81. The van der Waals surface area contributed by atoms with E-state index in [-0.39, 0.29) is 11.5 Å². The third-order valence-corrected chi connectivity index (χ3v) is 3.38. The lowest BCUT2D eigenvalue weighted by molar-refractivity contribution is -0.142. The smallest absolute Gasteiger partial charge is 0.323 e. The molecule has 0 bridgehead atoms. The van der Waals surface area contributed by atoms with Crippen LogP contribution in [0.1, 0.15) is 0 Å². The normalized spacial score (nSPS) is 27.9. The molecule has 0 unspecified atom stereocenters. The molecule has 1 fully saturated rings. The summed E-state index contributed by atoms with van der Waals surface area (Å²) in [5.41, 5.74) is 0. The number of methoxy groups -OCH3 is 1. The van der Waals surface area contributed by atoms with Crippen molar-refractivity contribution in [3.05, 3.63) is 0 Å². The summed E-state index contributed by atoms with van der Waals surface area (Å²) in [6.45, 7) is 0.322. The molecule has 1 saturated heterocycles. The van der Waals surface area contributed by atoms with Crippen molar-refractivity contribution in [2.45, 2.75) is 6.04 Å². The fourth-order valence-electron chi connectivity index (χ4n) is 1.08. The van der Waals surface area contributed by atoms with Gasteiger partial charge in [-0.25, -0.2) is 8.42 Å². The molecule has 0 aromatic heterocycles. The minimum atomic E-state index is -3.05. The van der Waals surface area contributed by atoms with Gasteiger partial charge in [-0.1, -0.05) is 0 Å². The van der Waals surface area contributed by atoms with E-state index in [4.69, 9.17) is 0 Å². The van der Waals surface area contributed by atoms with Gasteiger partial charge in [0.15, 0.2) is 9.84 Å². The molecule has 0 aromatic rings. The van der Waals surface area contributed by atoms with E-state index in [1.54, 1.807) is 0 Å². The van der Waals surface area contributed by atoms with E-state index in [0.29, 0.717) is 6.54 Å². The Morgan fingerprint density at radius 2 is 2.25 bits per heavy atom. The molecule has 1 rings (SSSR count). The molecule has 0 saturated carbocycles. The summed E-state index contributed by atoms with van der Waals surface area (Å²) < 4.78 is 26.5. The monoisotopic (exact) mass is 193 g/mol. The summed E-state index contributed by atoms with van der Waals surface area (Å²) >= 11 is 0. The van der Waals surface area contributed by atoms with Crippen molar-refractivity contribution < 1.29 is 17.9 Å². The van der Waals surface area contributed by atoms with Crippen LogP contribution in [-0.2, 0) is 19.4 Å². The van der Waals surface area contributed by atoms with Gasteiger partial charge in [-0.3, -0.25) is 4.79 Å². The Balaban J connectivity index is 2.64. The molecule has 0 aliphatic carbocycles. The molecule has 0 amide bonds. The van der Waals surface area contributed by atoms with Crippen LogP contribution >= 0.6 is 0 Å². The molecule has 1 atom stereocenters. The average molecular weight is 193 g/mol. The number of esters is 1. The second kappa shape index (κ2) is 3.40. The molecule has 6 heteroatoms. The van der Waals surface area contributed by atoms with Crippen molar-refractivity contribution in [2.24, 2.45) is 0 Å².